The highest BCUT2D eigenvalue weighted by atomic mass is 16.5. The van der Waals surface area contributed by atoms with Crippen LogP contribution >= 0.6 is 0 Å². The van der Waals surface area contributed by atoms with Crippen molar-refractivity contribution in [1.29, 1.82) is 0 Å². The molecule has 1 aromatic carbocycles. The lowest BCUT2D eigenvalue weighted by atomic mass is 10.1. The molecule has 0 unspecified atom stereocenters. The third-order valence-corrected chi connectivity index (χ3v) is 4.86. The summed E-state index contributed by atoms with van der Waals surface area (Å²) in [4.78, 5) is 33.4. The summed E-state index contributed by atoms with van der Waals surface area (Å²) >= 11 is 0. The minimum absolute atomic E-state index is 0.0200. The maximum Gasteiger partial charge on any atom is 0.255 e. The van der Waals surface area contributed by atoms with E-state index < -0.39 is 0 Å². The standard InChI is InChI=1S/C22H22N4O3/c1-26-21(28)12-19(16-7-9-23-10-8-16)25-22(26)24-13-20(27)17-3-2-4-18(11-17)29-14-15-5-6-15/h2-4,7-12,15H,5-6,13-14H2,1H3,(H,24,25). The number of pyridine rings is 1. The third-order valence-electron chi connectivity index (χ3n) is 4.86. The lowest BCUT2D eigenvalue weighted by molar-refractivity contribution is 0.101. The number of rotatable bonds is 8. The number of ether oxygens (including phenoxy) is 1. The number of aromatic nitrogens is 3. The molecule has 0 atom stereocenters. The number of hydrogen-bond donors (Lipinski definition) is 1. The Balaban J connectivity index is 1.47. The molecule has 1 N–H and O–H groups in total. The van der Waals surface area contributed by atoms with E-state index in [0.717, 1.165) is 5.56 Å². The SMILES string of the molecule is Cn1c(NCC(=O)c2cccc(OCC3CC3)c2)nc(-c2ccncc2)cc1=O. The Bertz CT molecular complexity index is 1070. The first kappa shape index (κ1) is 18.9. The zero-order chi connectivity index (χ0) is 20.2. The first-order chi connectivity index (χ1) is 14.1. The number of nitrogens with zero attached hydrogens (tertiary/aromatic N) is 3. The molecule has 0 saturated heterocycles. The lowest BCUT2D eigenvalue weighted by Gasteiger charge is -2.12. The van der Waals surface area contributed by atoms with Crippen molar-refractivity contribution in [3.05, 3.63) is 70.8 Å². The molecule has 3 aromatic rings. The van der Waals surface area contributed by atoms with Crippen LogP contribution in [0.25, 0.3) is 11.3 Å². The second-order valence-corrected chi connectivity index (χ2v) is 7.16. The van der Waals surface area contributed by atoms with Crippen molar-refractivity contribution >= 4 is 11.7 Å². The Kier molecular flexibility index (Phi) is 5.37. The van der Waals surface area contributed by atoms with Crippen molar-refractivity contribution in [3.8, 4) is 17.0 Å². The highest BCUT2D eigenvalue weighted by molar-refractivity contribution is 5.99. The maximum absolute atomic E-state index is 12.6. The van der Waals surface area contributed by atoms with Gasteiger partial charge in [-0.3, -0.25) is 19.1 Å². The van der Waals surface area contributed by atoms with E-state index in [2.05, 4.69) is 15.3 Å². The first-order valence-electron chi connectivity index (χ1n) is 9.58. The molecule has 0 amide bonds. The van der Waals surface area contributed by atoms with Crippen LogP contribution in [0.15, 0.2) is 59.7 Å². The van der Waals surface area contributed by atoms with Crippen LogP contribution in [0.4, 0.5) is 5.95 Å². The van der Waals surface area contributed by atoms with Gasteiger partial charge in [-0.1, -0.05) is 12.1 Å². The number of carbonyl (C=O) groups is 1. The van der Waals surface area contributed by atoms with Crippen LogP contribution in [0.2, 0.25) is 0 Å². The lowest BCUT2D eigenvalue weighted by Crippen LogP contribution is -2.24. The van der Waals surface area contributed by atoms with E-state index in [1.807, 2.05) is 12.1 Å². The van der Waals surface area contributed by atoms with Gasteiger partial charge in [0.05, 0.1) is 18.8 Å². The second-order valence-electron chi connectivity index (χ2n) is 7.16. The monoisotopic (exact) mass is 390 g/mol. The van der Waals surface area contributed by atoms with Crippen molar-refractivity contribution in [1.82, 2.24) is 14.5 Å². The summed E-state index contributed by atoms with van der Waals surface area (Å²) < 4.78 is 7.13. The van der Waals surface area contributed by atoms with E-state index >= 15 is 0 Å². The number of Topliss-reactive ketones (excluding diaryl/α,β-unsaturated/α-hetero) is 1. The molecule has 1 aliphatic carbocycles. The average molecular weight is 390 g/mol. The summed E-state index contributed by atoms with van der Waals surface area (Å²) in [6, 6.07) is 12.2. The molecule has 4 rings (SSSR count). The number of benzene rings is 1. The normalized spacial score (nSPS) is 13.1. The van der Waals surface area contributed by atoms with Gasteiger partial charge in [-0.25, -0.2) is 4.98 Å². The number of anilines is 1. The quantitative estimate of drug-likeness (QED) is 0.595. The first-order valence-corrected chi connectivity index (χ1v) is 9.58. The summed E-state index contributed by atoms with van der Waals surface area (Å²) in [6.45, 7) is 0.718. The van der Waals surface area contributed by atoms with Gasteiger partial charge in [0, 0.05) is 36.6 Å². The Labute approximate surface area is 168 Å². The fraction of sp³-hybridized carbons (Fsp3) is 0.273. The molecule has 0 spiro atoms. The predicted octanol–water partition coefficient (Wildman–Crippen LogP) is 2.93. The highest BCUT2D eigenvalue weighted by Crippen LogP contribution is 2.29. The predicted molar refractivity (Wildman–Crippen MR) is 110 cm³/mol. The van der Waals surface area contributed by atoms with Crippen LogP contribution in [-0.2, 0) is 7.05 Å². The summed E-state index contributed by atoms with van der Waals surface area (Å²) in [6.07, 6.45) is 5.71. The van der Waals surface area contributed by atoms with E-state index in [-0.39, 0.29) is 17.9 Å². The van der Waals surface area contributed by atoms with Crippen molar-refractivity contribution in [2.75, 3.05) is 18.5 Å². The van der Waals surface area contributed by atoms with Crippen molar-refractivity contribution in [2.24, 2.45) is 13.0 Å². The number of ketones is 1. The summed E-state index contributed by atoms with van der Waals surface area (Å²) in [5, 5.41) is 2.99. The van der Waals surface area contributed by atoms with E-state index in [1.54, 1.807) is 43.7 Å². The van der Waals surface area contributed by atoms with Crippen LogP contribution in [0.3, 0.4) is 0 Å². The minimum Gasteiger partial charge on any atom is -0.493 e. The van der Waals surface area contributed by atoms with E-state index in [0.29, 0.717) is 35.5 Å². The zero-order valence-electron chi connectivity index (χ0n) is 16.2. The van der Waals surface area contributed by atoms with E-state index in [9.17, 15) is 9.59 Å². The molecule has 148 valence electrons. The number of nitrogens with one attached hydrogen (secondary N) is 1. The molecule has 1 saturated carbocycles. The molecule has 0 aliphatic heterocycles. The smallest absolute Gasteiger partial charge is 0.255 e. The van der Waals surface area contributed by atoms with Crippen molar-refractivity contribution in [3.63, 3.8) is 0 Å². The van der Waals surface area contributed by atoms with Gasteiger partial charge in [0.1, 0.15) is 5.75 Å². The van der Waals surface area contributed by atoms with Crippen molar-refractivity contribution in [2.45, 2.75) is 12.8 Å². The molecule has 7 nitrogen and oxygen atoms in total. The summed E-state index contributed by atoms with van der Waals surface area (Å²) in [5.74, 6) is 1.58. The Hall–Kier alpha value is -3.48. The molecule has 0 bridgehead atoms. The van der Waals surface area contributed by atoms with Crippen LogP contribution in [0.1, 0.15) is 23.2 Å². The fourth-order valence-electron chi connectivity index (χ4n) is 2.89. The maximum atomic E-state index is 12.6. The number of carbonyl (C=O) groups excluding carboxylic acids is 1. The minimum atomic E-state index is -0.211. The van der Waals surface area contributed by atoms with E-state index in [4.69, 9.17) is 4.74 Å². The van der Waals surface area contributed by atoms with Gasteiger partial charge < -0.3 is 10.1 Å². The molecule has 1 aliphatic rings. The number of hydrogen-bond acceptors (Lipinski definition) is 6. The molecule has 29 heavy (non-hydrogen) atoms. The van der Waals surface area contributed by atoms with Crippen LogP contribution < -0.4 is 15.6 Å². The van der Waals surface area contributed by atoms with E-state index in [1.165, 1.54) is 23.5 Å². The van der Waals surface area contributed by atoms with Gasteiger partial charge in [0.15, 0.2) is 5.78 Å². The Morgan fingerprint density at radius 2 is 2.00 bits per heavy atom. The van der Waals surface area contributed by atoms with Gasteiger partial charge in [0.2, 0.25) is 5.95 Å². The summed E-state index contributed by atoms with van der Waals surface area (Å²) in [5.41, 5.74) is 1.66. The average Bonchev–Trinajstić information content (AvgIpc) is 3.58. The molecular weight excluding hydrogens is 368 g/mol. The van der Waals surface area contributed by atoms with Gasteiger partial charge >= 0.3 is 0 Å². The van der Waals surface area contributed by atoms with Crippen molar-refractivity contribution < 1.29 is 9.53 Å². The molecule has 7 heteroatoms. The van der Waals surface area contributed by atoms with Gasteiger partial charge in [0.25, 0.3) is 5.56 Å². The van der Waals surface area contributed by atoms with Crippen LogP contribution in [0.5, 0.6) is 5.75 Å². The zero-order valence-corrected chi connectivity index (χ0v) is 16.2. The second kappa shape index (κ2) is 8.26. The summed E-state index contributed by atoms with van der Waals surface area (Å²) in [7, 11) is 1.62. The molecular formula is C22H22N4O3. The molecule has 2 heterocycles. The van der Waals surface area contributed by atoms with Crippen LogP contribution in [0, 0.1) is 5.92 Å². The Morgan fingerprint density at radius 1 is 1.21 bits per heavy atom. The van der Waals surface area contributed by atoms with Gasteiger partial charge in [-0.2, -0.15) is 0 Å². The topological polar surface area (TPSA) is 86.1 Å². The Morgan fingerprint density at radius 3 is 2.76 bits per heavy atom. The highest BCUT2D eigenvalue weighted by Gasteiger charge is 2.22. The fourth-order valence-corrected chi connectivity index (χ4v) is 2.89. The largest absolute Gasteiger partial charge is 0.493 e. The molecule has 1 fully saturated rings. The van der Waals surface area contributed by atoms with Gasteiger partial charge in [-0.05, 0) is 43.0 Å². The van der Waals surface area contributed by atoms with Gasteiger partial charge in [-0.15, -0.1) is 0 Å². The van der Waals surface area contributed by atoms with Crippen LogP contribution in [-0.4, -0.2) is 33.5 Å². The third kappa shape index (κ3) is 4.68. The molecule has 2 aromatic heterocycles. The molecule has 0 radical (unpaired) electrons.